The first-order chi connectivity index (χ1) is 28.2. The van der Waals surface area contributed by atoms with E-state index in [0.717, 1.165) is 56.7 Å². The van der Waals surface area contributed by atoms with Crippen LogP contribution in [0, 0.1) is 10.8 Å². The summed E-state index contributed by atoms with van der Waals surface area (Å²) in [5, 5.41) is 8.18. The van der Waals surface area contributed by atoms with Crippen LogP contribution in [0.25, 0.3) is 0 Å². The van der Waals surface area contributed by atoms with E-state index in [-0.39, 0.29) is 71.5 Å². The Hall–Kier alpha value is -4.91. The highest BCUT2D eigenvalue weighted by Crippen LogP contribution is 2.44. The molecule has 0 aromatic heterocycles. The molecule has 4 atom stereocenters. The molecule has 4 fully saturated rings. The first-order valence-corrected chi connectivity index (χ1v) is 21.2. The van der Waals surface area contributed by atoms with Crippen molar-refractivity contribution in [2.45, 2.75) is 110 Å². The van der Waals surface area contributed by atoms with Gasteiger partial charge in [0.1, 0.15) is 12.1 Å². The van der Waals surface area contributed by atoms with E-state index in [1.54, 1.807) is 9.80 Å². The van der Waals surface area contributed by atoms with E-state index >= 15 is 0 Å². The predicted octanol–water partition coefficient (Wildman–Crippen LogP) is 5.44. The number of hydrogen-bond donors (Lipinski definition) is 3. The molecule has 60 heavy (non-hydrogen) atoms. The van der Waals surface area contributed by atoms with Gasteiger partial charge in [-0.3, -0.25) is 44.3 Å². The molecular weight excluding hydrogens is 780 g/mol. The van der Waals surface area contributed by atoms with Gasteiger partial charge in [-0.1, -0.05) is 82.3 Å². The Bertz CT molecular complexity index is 2190. The van der Waals surface area contributed by atoms with Crippen molar-refractivity contribution >= 4 is 47.9 Å². The normalized spacial score (nSPS) is 26.0. The van der Waals surface area contributed by atoms with Crippen LogP contribution in [0.15, 0.2) is 66.7 Å². The molecule has 12 nitrogen and oxygen atoms in total. The lowest BCUT2D eigenvalue weighted by molar-refractivity contribution is -0.138. The van der Waals surface area contributed by atoms with E-state index in [1.807, 2.05) is 12.1 Å². The summed E-state index contributed by atoms with van der Waals surface area (Å²) in [6, 6.07) is 21.9. The summed E-state index contributed by atoms with van der Waals surface area (Å²) in [6.45, 7) is 15.1. The van der Waals surface area contributed by atoms with Gasteiger partial charge in [-0.2, -0.15) is 0 Å². The zero-order valence-electron chi connectivity index (χ0n) is 35.1. The molecule has 0 radical (unpaired) electrons. The van der Waals surface area contributed by atoms with Crippen LogP contribution < -0.4 is 16.0 Å². The van der Waals surface area contributed by atoms with Gasteiger partial charge in [0.05, 0.1) is 0 Å². The molecule has 318 valence electrons. The Morgan fingerprint density at radius 3 is 1.63 bits per heavy atom. The number of likely N-dealkylation sites (tertiary alicyclic amines) is 1. The Morgan fingerprint density at radius 2 is 1.15 bits per heavy atom. The Balaban J connectivity index is 0.000000183. The van der Waals surface area contributed by atoms with Crippen LogP contribution in [-0.4, -0.2) is 88.4 Å². The van der Waals surface area contributed by atoms with E-state index in [4.69, 9.17) is 0 Å². The SMILES string of the molecule is CC1(C)CN(Cc2ccccc2)CCC1c1ccc2c(c1)CN(C1CCC(=O)NC1=O)C2=O.CC1(C)CNCCC1c1ccc2c(c1)CN(C1CCC(=O)NC1=O)C2=O.Cl. The first kappa shape index (κ1) is 43.2. The van der Waals surface area contributed by atoms with Crippen molar-refractivity contribution in [3.05, 3.63) is 106 Å². The summed E-state index contributed by atoms with van der Waals surface area (Å²) in [6.07, 6.45) is 3.51. The molecule has 6 heterocycles. The molecule has 6 aliphatic heterocycles. The monoisotopic (exact) mass is 836 g/mol. The second kappa shape index (κ2) is 17.2. The highest BCUT2D eigenvalue weighted by atomic mass is 35.5. The Morgan fingerprint density at radius 1 is 0.633 bits per heavy atom. The van der Waals surface area contributed by atoms with Crippen molar-refractivity contribution in [3.63, 3.8) is 0 Å². The third kappa shape index (κ3) is 8.64. The van der Waals surface area contributed by atoms with E-state index < -0.39 is 12.1 Å². The molecule has 3 aromatic rings. The van der Waals surface area contributed by atoms with E-state index in [1.165, 1.54) is 16.7 Å². The number of fused-ring (bicyclic) bond motifs is 2. The number of carbonyl (C=O) groups excluding carboxylic acids is 6. The molecule has 0 aliphatic carbocycles. The maximum Gasteiger partial charge on any atom is 0.255 e. The van der Waals surface area contributed by atoms with Crippen LogP contribution in [0.5, 0.6) is 0 Å². The number of nitrogens with one attached hydrogen (secondary N) is 3. The summed E-state index contributed by atoms with van der Waals surface area (Å²) in [5.74, 6) is -0.590. The summed E-state index contributed by atoms with van der Waals surface area (Å²) in [5.41, 5.74) is 7.51. The average Bonchev–Trinajstić information content (AvgIpc) is 3.69. The van der Waals surface area contributed by atoms with Gasteiger partial charge in [-0.05, 0) is 101 Å². The minimum absolute atomic E-state index is 0. The van der Waals surface area contributed by atoms with E-state index in [2.05, 4.69) is 103 Å². The third-order valence-corrected chi connectivity index (χ3v) is 13.6. The van der Waals surface area contributed by atoms with Crippen LogP contribution in [0.4, 0.5) is 0 Å². The molecule has 0 saturated carbocycles. The highest BCUT2D eigenvalue weighted by Gasteiger charge is 2.43. The van der Waals surface area contributed by atoms with Crippen molar-refractivity contribution in [1.29, 1.82) is 0 Å². The first-order valence-electron chi connectivity index (χ1n) is 21.2. The molecule has 4 unspecified atom stereocenters. The van der Waals surface area contributed by atoms with Gasteiger partial charge >= 0.3 is 0 Å². The largest absolute Gasteiger partial charge is 0.322 e. The summed E-state index contributed by atoms with van der Waals surface area (Å²) in [7, 11) is 0. The van der Waals surface area contributed by atoms with Crippen LogP contribution in [0.1, 0.15) is 127 Å². The van der Waals surface area contributed by atoms with Crippen molar-refractivity contribution < 1.29 is 28.8 Å². The lowest BCUT2D eigenvalue weighted by Crippen LogP contribution is -2.52. The summed E-state index contributed by atoms with van der Waals surface area (Å²) >= 11 is 0. The molecular formula is C47H57ClN6O6. The van der Waals surface area contributed by atoms with Gasteiger partial charge in [0.15, 0.2) is 0 Å². The number of rotatable bonds is 6. The fourth-order valence-electron chi connectivity index (χ4n) is 10.5. The lowest BCUT2D eigenvalue weighted by atomic mass is 9.70. The number of benzene rings is 3. The quantitative estimate of drug-likeness (QED) is 0.279. The number of amides is 6. The second-order valence-corrected chi connectivity index (χ2v) is 18.7. The van der Waals surface area contributed by atoms with Gasteiger partial charge in [-0.25, -0.2) is 0 Å². The number of carbonyl (C=O) groups is 6. The van der Waals surface area contributed by atoms with Gasteiger partial charge < -0.3 is 15.1 Å². The third-order valence-electron chi connectivity index (χ3n) is 13.6. The second-order valence-electron chi connectivity index (χ2n) is 18.7. The van der Waals surface area contributed by atoms with Crippen LogP contribution in [-0.2, 0) is 38.8 Å². The molecule has 3 N–H and O–H groups in total. The minimum Gasteiger partial charge on any atom is -0.322 e. The Labute approximate surface area is 358 Å². The average molecular weight is 837 g/mol. The van der Waals surface area contributed by atoms with Crippen molar-refractivity contribution in [3.8, 4) is 0 Å². The van der Waals surface area contributed by atoms with Crippen molar-refractivity contribution in [2.75, 3.05) is 26.2 Å². The van der Waals surface area contributed by atoms with Crippen LogP contribution in [0.3, 0.4) is 0 Å². The summed E-state index contributed by atoms with van der Waals surface area (Å²) < 4.78 is 0. The Kier molecular flexibility index (Phi) is 12.4. The number of halogens is 1. The zero-order chi connectivity index (χ0) is 41.6. The smallest absolute Gasteiger partial charge is 0.255 e. The standard InChI is InChI=1S/C27H31N3O3.C20H25N3O3.ClH/c1-27(2)17-29(15-18-6-4-3-5-7-18)13-12-22(27)19-8-9-21-20(14-19)16-30(26(21)33)23-10-11-24(31)28-25(23)32;1-20(2)11-21-8-7-15(20)12-3-4-14-13(9-12)10-23(19(14)26)16-5-6-17(24)22-18(16)25;/h3-9,14,22-23H,10-13,15-17H2,1-2H3,(H,28,31,32);3-4,9,15-16,21H,5-8,10-11H2,1-2H3,(H,22,24,25);1H. The maximum atomic E-state index is 13.0. The van der Waals surface area contributed by atoms with E-state index in [0.29, 0.717) is 48.9 Å². The topological polar surface area (TPSA) is 148 Å². The molecule has 9 rings (SSSR count). The molecule has 13 heteroatoms. The van der Waals surface area contributed by atoms with Gasteiger partial charge in [0, 0.05) is 56.7 Å². The number of nitrogens with zero attached hydrogens (tertiary/aromatic N) is 3. The van der Waals surface area contributed by atoms with Gasteiger partial charge in [-0.15, -0.1) is 12.4 Å². The molecule has 3 aromatic carbocycles. The maximum absolute atomic E-state index is 13.0. The fourth-order valence-corrected chi connectivity index (χ4v) is 10.5. The molecule has 4 saturated heterocycles. The molecule has 6 aliphatic rings. The molecule has 6 amide bonds. The van der Waals surface area contributed by atoms with Gasteiger partial charge in [0.25, 0.3) is 11.8 Å². The van der Waals surface area contributed by atoms with Crippen molar-refractivity contribution in [2.24, 2.45) is 10.8 Å². The lowest BCUT2D eigenvalue weighted by Gasteiger charge is -2.45. The number of piperidine rings is 4. The number of hydrogen-bond acceptors (Lipinski definition) is 8. The fraction of sp³-hybridized carbons (Fsp3) is 0.489. The van der Waals surface area contributed by atoms with Gasteiger partial charge in [0.2, 0.25) is 23.6 Å². The minimum atomic E-state index is -0.566. The molecule has 0 bridgehead atoms. The van der Waals surface area contributed by atoms with Crippen molar-refractivity contribution in [1.82, 2.24) is 30.7 Å². The number of imide groups is 2. The zero-order valence-corrected chi connectivity index (χ0v) is 35.9. The van der Waals surface area contributed by atoms with Crippen LogP contribution >= 0.6 is 12.4 Å². The predicted molar refractivity (Wildman–Crippen MR) is 229 cm³/mol. The highest BCUT2D eigenvalue weighted by molar-refractivity contribution is 6.06. The molecule has 0 spiro atoms. The van der Waals surface area contributed by atoms with Crippen LogP contribution in [0.2, 0.25) is 0 Å². The van der Waals surface area contributed by atoms with E-state index in [9.17, 15) is 28.8 Å². The summed E-state index contributed by atoms with van der Waals surface area (Å²) in [4.78, 5) is 78.9.